The van der Waals surface area contributed by atoms with E-state index in [2.05, 4.69) is 15.5 Å². The molecule has 1 saturated heterocycles. The molecule has 2 N–H and O–H groups in total. The number of para-hydroxylation sites is 2. The van der Waals surface area contributed by atoms with E-state index in [9.17, 15) is 14.4 Å². The minimum Gasteiger partial charge on any atom is -0.353 e. The van der Waals surface area contributed by atoms with E-state index < -0.39 is 5.54 Å². The summed E-state index contributed by atoms with van der Waals surface area (Å²) in [4.78, 5) is 42.5. The maximum Gasteiger partial charge on any atom is 0.250 e. The van der Waals surface area contributed by atoms with Gasteiger partial charge in [-0.25, -0.2) is 0 Å². The largest absolute Gasteiger partial charge is 0.353 e. The zero-order valence-corrected chi connectivity index (χ0v) is 17.4. The first-order valence-electron chi connectivity index (χ1n) is 11.3. The van der Waals surface area contributed by atoms with Gasteiger partial charge in [0, 0.05) is 25.0 Å². The van der Waals surface area contributed by atoms with E-state index in [1.165, 1.54) is 0 Å². The lowest BCUT2D eigenvalue weighted by Gasteiger charge is -2.45. The topological polar surface area (TPSA) is 81.8 Å². The number of carbonyl (C=O) groups is 3. The highest BCUT2D eigenvalue weighted by Gasteiger charge is 2.52. The number of hydrogen-bond acceptors (Lipinski definition) is 4. The molecule has 3 amide bonds. The molecule has 30 heavy (non-hydrogen) atoms. The minimum absolute atomic E-state index is 0.000309. The first-order chi connectivity index (χ1) is 14.6. The number of amides is 3. The summed E-state index contributed by atoms with van der Waals surface area (Å²) >= 11 is 0. The Hall–Kier alpha value is -2.41. The average molecular weight is 411 g/mol. The van der Waals surface area contributed by atoms with Crippen molar-refractivity contribution >= 4 is 29.1 Å². The Morgan fingerprint density at radius 3 is 2.47 bits per heavy atom. The summed E-state index contributed by atoms with van der Waals surface area (Å²) < 4.78 is 0. The summed E-state index contributed by atoms with van der Waals surface area (Å²) in [6.07, 6.45) is 7.14. The van der Waals surface area contributed by atoms with E-state index in [1.54, 1.807) is 4.90 Å². The van der Waals surface area contributed by atoms with Crippen LogP contribution in [-0.4, -0.2) is 53.8 Å². The van der Waals surface area contributed by atoms with Gasteiger partial charge in [-0.15, -0.1) is 0 Å². The van der Waals surface area contributed by atoms with Gasteiger partial charge in [-0.2, -0.15) is 0 Å². The molecule has 0 atom stereocenters. The van der Waals surface area contributed by atoms with Crippen molar-refractivity contribution < 1.29 is 14.4 Å². The van der Waals surface area contributed by atoms with Crippen LogP contribution in [0.5, 0.6) is 0 Å². The number of likely N-dealkylation sites (tertiary alicyclic amines) is 1. The van der Waals surface area contributed by atoms with E-state index in [-0.39, 0.29) is 29.7 Å². The monoisotopic (exact) mass is 410 g/mol. The SMILES string of the molecule is O=C(NC1CCN(CC(=O)N2c3ccccc3NC(=O)C23CCCC3)CC1)C1CC1. The van der Waals surface area contributed by atoms with Gasteiger partial charge in [0.1, 0.15) is 5.54 Å². The molecule has 7 nitrogen and oxygen atoms in total. The molecule has 0 unspecified atom stereocenters. The van der Waals surface area contributed by atoms with Crippen molar-refractivity contribution in [3.8, 4) is 0 Å². The quantitative estimate of drug-likeness (QED) is 0.798. The maximum atomic E-state index is 13.5. The Kier molecular flexibility index (Phi) is 5.01. The number of carbonyl (C=O) groups excluding carboxylic acids is 3. The number of rotatable bonds is 4. The summed E-state index contributed by atoms with van der Waals surface area (Å²) in [6.45, 7) is 1.89. The molecule has 160 valence electrons. The van der Waals surface area contributed by atoms with E-state index in [1.807, 2.05) is 24.3 Å². The molecule has 2 heterocycles. The number of nitrogens with zero attached hydrogens (tertiary/aromatic N) is 2. The number of benzene rings is 1. The number of piperidine rings is 1. The standard InChI is InChI=1S/C23H30N4O3/c28-20(15-26-13-9-17(10-14-26)24-21(29)16-7-8-16)27-19-6-2-1-5-18(19)25-22(30)23(27)11-3-4-12-23/h1-2,5-6,16-17H,3-4,7-15H2,(H,24,29)(H,25,30). The Bertz CT molecular complexity index is 852. The third-order valence-corrected chi connectivity index (χ3v) is 7.16. The highest BCUT2D eigenvalue weighted by Crippen LogP contribution is 2.45. The van der Waals surface area contributed by atoms with Crippen LogP contribution in [0.15, 0.2) is 24.3 Å². The fourth-order valence-electron chi connectivity index (χ4n) is 5.29. The fraction of sp³-hybridized carbons (Fsp3) is 0.609. The van der Waals surface area contributed by atoms with Crippen LogP contribution < -0.4 is 15.5 Å². The van der Waals surface area contributed by atoms with Gasteiger partial charge in [0.25, 0.3) is 5.91 Å². The van der Waals surface area contributed by atoms with Crippen molar-refractivity contribution in [1.82, 2.24) is 10.2 Å². The number of anilines is 2. The Morgan fingerprint density at radius 2 is 1.77 bits per heavy atom. The second kappa shape index (κ2) is 7.69. The number of nitrogens with one attached hydrogen (secondary N) is 2. The molecule has 4 aliphatic rings. The molecular weight excluding hydrogens is 380 g/mol. The molecule has 3 fully saturated rings. The third kappa shape index (κ3) is 3.49. The third-order valence-electron chi connectivity index (χ3n) is 7.16. The molecule has 1 aromatic carbocycles. The van der Waals surface area contributed by atoms with E-state index in [4.69, 9.17) is 0 Å². The van der Waals surface area contributed by atoms with Crippen LogP contribution in [0.1, 0.15) is 51.4 Å². The van der Waals surface area contributed by atoms with Gasteiger partial charge in [-0.3, -0.25) is 24.2 Å². The van der Waals surface area contributed by atoms with Crippen molar-refractivity contribution in [1.29, 1.82) is 0 Å². The van der Waals surface area contributed by atoms with Crippen LogP contribution in [-0.2, 0) is 14.4 Å². The van der Waals surface area contributed by atoms with Gasteiger partial charge in [0.05, 0.1) is 17.9 Å². The van der Waals surface area contributed by atoms with Crippen LogP contribution in [0.25, 0.3) is 0 Å². The van der Waals surface area contributed by atoms with E-state index in [0.29, 0.717) is 19.4 Å². The predicted octanol–water partition coefficient (Wildman–Crippen LogP) is 2.28. The van der Waals surface area contributed by atoms with Crippen LogP contribution in [0.4, 0.5) is 11.4 Å². The Labute approximate surface area is 177 Å². The molecular formula is C23H30N4O3. The molecule has 2 saturated carbocycles. The van der Waals surface area contributed by atoms with Gasteiger partial charge >= 0.3 is 0 Å². The minimum atomic E-state index is -0.748. The lowest BCUT2D eigenvalue weighted by Crippen LogP contribution is -2.62. The predicted molar refractivity (Wildman–Crippen MR) is 114 cm³/mol. The highest BCUT2D eigenvalue weighted by atomic mass is 16.2. The normalized spacial score (nSPS) is 23.9. The lowest BCUT2D eigenvalue weighted by atomic mass is 9.89. The van der Waals surface area contributed by atoms with Crippen LogP contribution >= 0.6 is 0 Å². The average Bonchev–Trinajstić information content (AvgIpc) is 3.49. The van der Waals surface area contributed by atoms with Gasteiger partial charge in [0.2, 0.25) is 11.8 Å². The second-order valence-electron chi connectivity index (χ2n) is 9.27. The lowest BCUT2D eigenvalue weighted by molar-refractivity contribution is -0.128. The summed E-state index contributed by atoms with van der Waals surface area (Å²) in [6, 6.07) is 7.82. The molecule has 0 bridgehead atoms. The van der Waals surface area contributed by atoms with Crippen molar-refractivity contribution in [2.75, 3.05) is 29.9 Å². The van der Waals surface area contributed by atoms with Gasteiger partial charge in [-0.1, -0.05) is 25.0 Å². The van der Waals surface area contributed by atoms with Crippen LogP contribution in [0.2, 0.25) is 0 Å². The highest BCUT2D eigenvalue weighted by molar-refractivity contribution is 6.15. The molecule has 2 aliphatic heterocycles. The maximum absolute atomic E-state index is 13.5. The van der Waals surface area contributed by atoms with E-state index in [0.717, 1.165) is 63.0 Å². The van der Waals surface area contributed by atoms with Crippen molar-refractivity contribution in [3.63, 3.8) is 0 Å². The molecule has 0 radical (unpaired) electrons. The van der Waals surface area contributed by atoms with Gasteiger partial charge < -0.3 is 10.6 Å². The summed E-state index contributed by atoms with van der Waals surface area (Å²) in [5.74, 6) is 0.384. The zero-order valence-electron chi connectivity index (χ0n) is 17.4. The molecule has 5 rings (SSSR count). The van der Waals surface area contributed by atoms with Crippen molar-refractivity contribution in [3.05, 3.63) is 24.3 Å². The van der Waals surface area contributed by atoms with Crippen molar-refractivity contribution in [2.24, 2.45) is 5.92 Å². The molecule has 0 aromatic heterocycles. The smallest absolute Gasteiger partial charge is 0.250 e. The Morgan fingerprint density at radius 1 is 1.07 bits per heavy atom. The molecule has 2 aliphatic carbocycles. The van der Waals surface area contributed by atoms with Crippen LogP contribution in [0, 0.1) is 5.92 Å². The summed E-state index contributed by atoms with van der Waals surface area (Å²) in [7, 11) is 0. The summed E-state index contributed by atoms with van der Waals surface area (Å²) in [5.41, 5.74) is 0.785. The molecule has 1 spiro atoms. The van der Waals surface area contributed by atoms with Gasteiger partial charge in [-0.05, 0) is 50.7 Å². The molecule has 1 aromatic rings. The first kappa shape index (κ1) is 19.5. The zero-order chi connectivity index (χ0) is 20.7. The first-order valence-corrected chi connectivity index (χ1v) is 11.3. The second-order valence-corrected chi connectivity index (χ2v) is 9.27. The number of fused-ring (bicyclic) bond motifs is 1. The Balaban J connectivity index is 1.28. The van der Waals surface area contributed by atoms with Crippen molar-refractivity contribution in [2.45, 2.75) is 62.9 Å². The fourth-order valence-corrected chi connectivity index (χ4v) is 5.29. The van der Waals surface area contributed by atoms with E-state index >= 15 is 0 Å². The number of hydrogen-bond donors (Lipinski definition) is 2. The molecule has 7 heteroatoms. The summed E-state index contributed by atoms with van der Waals surface area (Å²) in [5, 5.41) is 6.20. The van der Waals surface area contributed by atoms with Gasteiger partial charge in [0.15, 0.2) is 0 Å². The van der Waals surface area contributed by atoms with Crippen LogP contribution in [0.3, 0.4) is 0 Å².